The number of para-hydroxylation sites is 1. The normalized spacial score (nSPS) is 21.0. The van der Waals surface area contributed by atoms with E-state index in [9.17, 15) is 9.59 Å². The molecular weight excluding hydrogens is 498 g/mol. The van der Waals surface area contributed by atoms with Crippen LogP contribution in [0, 0.1) is 5.92 Å². The van der Waals surface area contributed by atoms with Crippen LogP contribution in [0.5, 0.6) is 5.75 Å². The molecular formula is C32H30ClNO4. The van der Waals surface area contributed by atoms with Gasteiger partial charge in [0.1, 0.15) is 11.7 Å². The van der Waals surface area contributed by atoms with Gasteiger partial charge in [0.2, 0.25) is 0 Å². The number of Topliss-reactive ketones (excluding diaryl/α,β-unsaturated/α-hetero) is 1. The number of carbonyl (C=O) groups excluding carboxylic acids is 2. The smallest absolute Gasteiger partial charge is 0.315 e. The average molecular weight is 528 g/mol. The standard InChI is InChI=1S/C32H30ClNO4/c1-20-29(32(36)38-17-16-21-8-4-3-5-9-21)30(25-10-6-7-11-28(25)37-2)31-26(34-20)18-23(19-27(31)35)22-12-14-24(33)15-13-22/h3-15,23,29-30H,16-19H2,1-2H3/t23-,29?,30-/m0/s1. The number of ether oxygens (including phenoxy) is 2. The van der Waals surface area contributed by atoms with Crippen molar-refractivity contribution < 1.29 is 19.1 Å². The number of hydrogen-bond donors (Lipinski definition) is 0. The van der Waals surface area contributed by atoms with Gasteiger partial charge in [0, 0.05) is 46.3 Å². The first-order chi connectivity index (χ1) is 18.5. The molecule has 0 amide bonds. The van der Waals surface area contributed by atoms with E-state index in [0.29, 0.717) is 41.3 Å². The van der Waals surface area contributed by atoms with Crippen LogP contribution in [0.2, 0.25) is 5.02 Å². The Bertz CT molecular complexity index is 1390. The number of benzene rings is 3. The Labute approximate surface area is 228 Å². The fraction of sp³-hybridized carbons (Fsp3) is 0.281. The summed E-state index contributed by atoms with van der Waals surface area (Å²) in [6, 6.07) is 25.1. The second-order valence-corrected chi connectivity index (χ2v) is 10.2. The van der Waals surface area contributed by atoms with Crippen LogP contribution in [-0.2, 0) is 20.7 Å². The quantitative estimate of drug-likeness (QED) is 0.320. The minimum Gasteiger partial charge on any atom is -0.496 e. The molecule has 2 aliphatic rings. The van der Waals surface area contributed by atoms with E-state index in [-0.39, 0.29) is 24.3 Å². The highest BCUT2D eigenvalue weighted by Gasteiger charge is 2.45. The van der Waals surface area contributed by atoms with Crippen LogP contribution < -0.4 is 4.74 Å². The summed E-state index contributed by atoms with van der Waals surface area (Å²) in [7, 11) is 1.60. The number of carbonyl (C=O) groups is 2. The zero-order valence-corrected chi connectivity index (χ0v) is 22.3. The Hall–Kier alpha value is -3.70. The van der Waals surface area contributed by atoms with Crippen LogP contribution in [0.15, 0.2) is 95.1 Å². The molecule has 6 heteroatoms. The second kappa shape index (κ2) is 11.4. The lowest BCUT2D eigenvalue weighted by Gasteiger charge is -2.37. The highest BCUT2D eigenvalue weighted by Crippen LogP contribution is 2.48. The van der Waals surface area contributed by atoms with Gasteiger partial charge >= 0.3 is 5.97 Å². The molecule has 1 unspecified atom stereocenters. The fourth-order valence-corrected chi connectivity index (χ4v) is 5.72. The number of halogens is 1. The summed E-state index contributed by atoms with van der Waals surface area (Å²) in [6.45, 7) is 2.11. The van der Waals surface area contributed by atoms with Gasteiger partial charge in [-0.15, -0.1) is 0 Å². The van der Waals surface area contributed by atoms with Gasteiger partial charge in [0.15, 0.2) is 5.78 Å². The molecule has 0 N–H and O–H groups in total. The zero-order chi connectivity index (χ0) is 26.6. The van der Waals surface area contributed by atoms with Crippen LogP contribution in [0.4, 0.5) is 0 Å². The lowest BCUT2D eigenvalue weighted by molar-refractivity contribution is -0.146. The Balaban J connectivity index is 1.49. The van der Waals surface area contributed by atoms with Gasteiger partial charge in [0.25, 0.3) is 0 Å². The predicted molar refractivity (Wildman–Crippen MR) is 149 cm³/mol. The van der Waals surface area contributed by atoms with Crippen LogP contribution >= 0.6 is 11.6 Å². The maximum Gasteiger partial charge on any atom is 0.315 e. The summed E-state index contributed by atoms with van der Waals surface area (Å²) in [5.41, 5.74) is 4.92. The van der Waals surface area contributed by atoms with E-state index in [1.807, 2.05) is 85.8 Å². The molecule has 5 rings (SSSR count). The van der Waals surface area contributed by atoms with Crippen molar-refractivity contribution >= 4 is 29.1 Å². The van der Waals surface area contributed by atoms with E-state index in [4.69, 9.17) is 26.1 Å². The Kier molecular flexibility index (Phi) is 7.75. The summed E-state index contributed by atoms with van der Waals surface area (Å²) in [4.78, 5) is 32.2. The average Bonchev–Trinajstić information content (AvgIpc) is 2.93. The molecule has 0 saturated heterocycles. The Morgan fingerprint density at radius 2 is 1.68 bits per heavy atom. The molecule has 38 heavy (non-hydrogen) atoms. The maximum absolute atomic E-state index is 13.8. The van der Waals surface area contributed by atoms with Crippen molar-refractivity contribution in [1.82, 2.24) is 0 Å². The van der Waals surface area contributed by atoms with Crippen LogP contribution in [0.25, 0.3) is 0 Å². The SMILES string of the molecule is COc1ccccc1[C@@H]1C2=C(C[C@H](c3ccc(Cl)cc3)CC2=O)N=C(C)C1C(=O)OCCc1ccccc1. The fourth-order valence-electron chi connectivity index (χ4n) is 5.60. The Morgan fingerprint density at radius 1 is 0.974 bits per heavy atom. The summed E-state index contributed by atoms with van der Waals surface area (Å²) in [6.07, 6.45) is 1.57. The molecule has 194 valence electrons. The number of rotatable bonds is 7. The summed E-state index contributed by atoms with van der Waals surface area (Å²) in [5.74, 6) is -0.979. The number of aliphatic imine (C=N–C) groups is 1. The number of allylic oxidation sites excluding steroid dienone is 2. The third kappa shape index (κ3) is 5.30. The molecule has 0 bridgehead atoms. The largest absolute Gasteiger partial charge is 0.496 e. The molecule has 5 nitrogen and oxygen atoms in total. The molecule has 3 atom stereocenters. The van der Waals surface area contributed by atoms with Crippen LogP contribution in [0.1, 0.15) is 48.3 Å². The topological polar surface area (TPSA) is 65.0 Å². The minimum atomic E-state index is -0.711. The first-order valence-corrected chi connectivity index (χ1v) is 13.2. The van der Waals surface area contributed by atoms with E-state index in [0.717, 1.165) is 22.4 Å². The molecule has 0 radical (unpaired) electrons. The van der Waals surface area contributed by atoms with Gasteiger partial charge in [-0.05, 0) is 48.6 Å². The highest BCUT2D eigenvalue weighted by atomic mass is 35.5. The van der Waals surface area contributed by atoms with E-state index in [2.05, 4.69) is 0 Å². The minimum absolute atomic E-state index is 0.000409. The first kappa shape index (κ1) is 25.9. The monoisotopic (exact) mass is 527 g/mol. The molecule has 1 aliphatic heterocycles. The van der Waals surface area contributed by atoms with Gasteiger partial charge < -0.3 is 9.47 Å². The van der Waals surface area contributed by atoms with Crippen molar-refractivity contribution in [2.45, 2.75) is 38.0 Å². The van der Waals surface area contributed by atoms with E-state index in [1.165, 1.54) is 0 Å². The Morgan fingerprint density at radius 3 is 2.42 bits per heavy atom. The number of ketones is 1. The van der Waals surface area contributed by atoms with Gasteiger partial charge in [-0.3, -0.25) is 14.6 Å². The van der Waals surface area contributed by atoms with Crippen LogP contribution in [-0.4, -0.2) is 31.2 Å². The molecule has 1 aliphatic carbocycles. The maximum atomic E-state index is 13.8. The van der Waals surface area contributed by atoms with Crippen LogP contribution in [0.3, 0.4) is 0 Å². The van der Waals surface area contributed by atoms with E-state index >= 15 is 0 Å². The number of esters is 1. The second-order valence-electron chi connectivity index (χ2n) is 9.79. The molecule has 0 saturated carbocycles. The first-order valence-electron chi connectivity index (χ1n) is 12.9. The molecule has 3 aromatic carbocycles. The van der Waals surface area contributed by atoms with Crippen molar-refractivity contribution in [3.63, 3.8) is 0 Å². The van der Waals surface area contributed by atoms with Crippen molar-refractivity contribution in [1.29, 1.82) is 0 Å². The number of nitrogens with zero attached hydrogens (tertiary/aromatic N) is 1. The van der Waals surface area contributed by atoms with Crippen molar-refractivity contribution in [2.75, 3.05) is 13.7 Å². The van der Waals surface area contributed by atoms with Gasteiger partial charge in [0.05, 0.1) is 13.7 Å². The lowest BCUT2D eigenvalue weighted by atomic mass is 9.69. The summed E-state index contributed by atoms with van der Waals surface area (Å²) in [5, 5.41) is 0.659. The number of methoxy groups -OCH3 is 1. The number of hydrogen-bond acceptors (Lipinski definition) is 5. The highest BCUT2D eigenvalue weighted by molar-refractivity contribution is 6.30. The molecule has 1 heterocycles. The van der Waals surface area contributed by atoms with Gasteiger partial charge in [-0.1, -0.05) is 72.3 Å². The third-order valence-electron chi connectivity index (χ3n) is 7.44. The predicted octanol–water partition coefficient (Wildman–Crippen LogP) is 6.71. The lowest BCUT2D eigenvalue weighted by Crippen LogP contribution is -2.38. The molecule has 0 spiro atoms. The van der Waals surface area contributed by atoms with Gasteiger partial charge in [-0.25, -0.2) is 0 Å². The van der Waals surface area contributed by atoms with Crippen molar-refractivity contribution in [2.24, 2.45) is 10.9 Å². The molecule has 0 aromatic heterocycles. The van der Waals surface area contributed by atoms with Gasteiger partial charge in [-0.2, -0.15) is 0 Å². The van der Waals surface area contributed by atoms with Crippen molar-refractivity contribution in [3.05, 3.63) is 112 Å². The third-order valence-corrected chi connectivity index (χ3v) is 7.69. The molecule has 0 fully saturated rings. The summed E-state index contributed by atoms with van der Waals surface area (Å²) >= 11 is 6.09. The zero-order valence-electron chi connectivity index (χ0n) is 21.5. The molecule has 3 aromatic rings. The van der Waals surface area contributed by atoms with Crippen molar-refractivity contribution in [3.8, 4) is 5.75 Å². The van der Waals surface area contributed by atoms with E-state index in [1.54, 1.807) is 7.11 Å². The van der Waals surface area contributed by atoms with E-state index < -0.39 is 11.8 Å². The summed E-state index contributed by atoms with van der Waals surface area (Å²) < 4.78 is 11.5.